The zero-order chi connectivity index (χ0) is 11.8. The van der Waals surface area contributed by atoms with Crippen molar-refractivity contribution in [2.75, 3.05) is 12.3 Å². The van der Waals surface area contributed by atoms with E-state index in [1.54, 1.807) is 22.9 Å². The molecule has 0 unspecified atom stereocenters. The number of benzene rings is 1. The van der Waals surface area contributed by atoms with Crippen LogP contribution in [0.25, 0.3) is 5.69 Å². The maximum absolute atomic E-state index is 9.83. The number of phenolic OH excluding ortho intramolecular Hbond substituents is 1. The Labute approximate surface area is 98.4 Å². The Bertz CT molecular complexity index is 563. The molecule has 0 spiro atoms. The van der Waals surface area contributed by atoms with Gasteiger partial charge in [0.05, 0.1) is 18.9 Å². The van der Waals surface area contributed by atoms with E-state index in [2.05, 4.69) is 5.10 Å². The van der Waals surface area contributed by atoms with E-state index >= 15 is 0 Å². The first-order valence-corrected chi connectivity index (χ1v) is 5.49. The third-order valence-corrected chi connectivity index (χ3v) is 2.97. The Morgan fingerprint density at radius 3 is 3.00 bits per heavy atom. The number of aromatic nitrogens is 2. The lowest BCUT2D eigenvalue weighted by Gasteiger charge is -2.15. The fourth-order valence-electron chi connectivity index (χ4n) is 2.11. The van der Waals surface area contributed by atoms with Crippen molar-refractivity contribution >= 4 is 5.82 Å². The number of hydrogen-bond acceptors (Lipinski definition) is 4. The molecule has 3 rings (SSSR count). The fraction of sp³-hybridized carbons (Fsp3) is 0.250. The monoisotopic (exact) mass is 231 g/mol. The SMILES string of the molecule is Nc1nn(-c2ccccc2O)c2c1CCOC2. The van der Waals surface area contributed by atoms with Crippen LogP contribution in [-0.4, -0.2) is 21.5 Å². The standard InChI is InChI=1S/C12H13N3O2/c13-12-8-5-6-17-7-10(8)15(14-12)9-3-1-2-4-11(9)16/h1-4,16H,5-7H2,(H2,13,14). The third kappa shape index (κ3) is 1.55. The van der Waals surface area contributed by atoms with Crippen LogP contribution in [0.4, 0.5) is 5.82 Å². The first-order valence-electron chi connectivity index (χ1n) is 5.49. The summed E-state index contributed by atoms with van der Waals surface area (Å²) in [4.78, 5) is 0. The molecule has 88 valence electrons. The van der Waals surface area contributed by atoms with Crippen molar-refractivity contribution in [2.24, 2.45) is 0 Å². The van der Waals surface area contributed by atoms with E-state index < -0.39 is 0 Å². The van der Waals surface area contributed by atoms with E-state index in [1.165, 1.54) is 0 Å². The van der Waals surface area contributed by atoms with Crippen LogP contribution < -0.4 is 5.73 Å². The van der Waals surface area contributed by atoms with Crippen molar-refractivity contribution in [3.8, 4) is 11.4 Å². The van der Waals surface area contributed by atoms with Gasteiger partial charge in [-0.2, -0.15) is 0 Å². The maximum atomic E-state index is 9.83. The molecular formula is C12H13N3O2. The zero-order valence-corrected chi connectivity index (χ0v) is 9.26. The molecule has 1 aliphatic rings. The Morgan fingerprint density at radius 1 is 1.35 bits per heavy atom. The van der Waals surface area contributed by atoms with Crippen molar-refractivity contribution in [1.82, 2.24) is 9.78 Å². The van der Waals surface area contributed by atoms with Crippen molar-refractivity contribution in [2.45, 2.75) is 13.0 Å². The van der Waals surface area contributed by atoms with Crippen LogP contribution in [0.15, 0.2) is 24.3 Å². The van der Waals surface area contributed by atoms with E-state index in [4.69, 9.17) is 10.5 Å². The molecule has 2 heterocycles. The molecule has 1 aromatic carbocycles. The van der Waals surface area contributed by atoms with Gasteiger partial charge < -0.3 is 15.6 Å². The molecule has 0 saturated carbocycles. The number of aromatic hydroxyl groups is 1. The number of nitrogen functional groups attached to an aromatic ring is 1. The predicted octanol–water partition coefficient (Wildman–Crippen LogP) is 1.23. The molecule has 5 nitrogen and oxygen atoms in total. The first kappa shape index (κ1) is 10.2. The summed E-state index contributed by atoms with van der Waals surface area (Å²) in [5.41, 5.74) is 8.46. The molecule has 0 radical (unpaired) electrons. The summed E-state index contributed by atoms with van der Waals surface area (Å²) < 4.78 is 7.08. The normalized spacial score (nSPS) is 14.6. The van der Waals surface area contributed by atoms with E-state index in [1.807, 2.05) is 6.07 Å². The number of rotatable bonds is 1. The summed E-state index contributed by atoms with van der Waals surface area (Å²) in [5.74, 6) is 0.704. The predicted molar refractivity (Wildman–Crippen MR) is 63.0 cm³/mol. The van der Waals surface area contributed by atoms with Gasteiger partial charge in [0, 0.05) is 12.0 Å². The van der Waals surface area contributed by atoms with Crippen LogP contribution in [0.3, 0.4) is 0 Å². The van der Waals surface area contributed by atoms with Gasteiger partial charge in [-0.25, -0.2) is 4.68 Å². The van der Waals surface area contributed by atoms with Crippen LogP contribution in [0.2, 0.25) is 0 Å². The van der Waals surface area contributed by atoms with Gasteiger partial charge in [-0.15, -0.1) is 5.10 Å². The average Bonchev–Trinajstić information content (AvgIpc) is 2.68. The van der Waals surface area contributed by atoms with E-state index in [-0.39, 0.29) is 5.75 Å². The summed E-state index contributed by atoms with van der Waals surface area (Å²) in [6, 6.07) is 7.05. The number of ether oxygens (including phenoxy) is 1. The Hall–Kier alpha value is -2.01. The highest BCUT2D eigenvalue weighted by Crippen LogP contribution is 2.28. The Kier molecular flexibility index (Phi) is 2.26. The molecular weight excluding hydrogens is 218 g/mol. The number of nitrogens with zero attached hydrogens (tertiary/aromatic N) is 2. The van der Waals surface area contributed by atoms with Crippen molar-refractivity contribution in [3.63, 3.8) is 0 Å². The molecule has 1 aliphatic heterocycles. The van der Waals surface area contributed by atoms with Gasteiger partial charge in [0.1, 0.15) is 17.3 Å². The summed E-state index contributed by atoms with van der Waals surface area (Å²) in [7, 11) is 0. The second kappa shape index (κ2) is 3.78. The number of fused-ring (bicyclic) bond motifs is 1. The van der Waals surface area contributed by atoms with Crippen molar-refractivity contribution in [3.05, 3.63) is 35.5 Å². The first-order chi connectivity index (χ1) is 8.27. The number of anilines is 1. The quantitative estimate of drug-likeness (QED) is 0.774. The summed E-state index contributed by atoms with van der Waals surface area (Å²) in [5, 5.41) is 14.1. The van der Waals surface area contributed by atoms with Gasteiger partial charge in [0.2, 0.25) is 0 Å². The second-order valence-corrected chi connectivity index (χ2v) is 4.01. The van der Waals surface area contributed by atoms with Gasteiger partial charge in [-0.1, -0.05) is 12.1 Å². The smallest absolute Gasteiger partial charge is 0.149 e. The molecule has 1 aromatic heterocycles. The summed E-state index contributed by atoms with van der Waals surface area (Å²) >= 11 is 0. The van der Waals surface area contributed by atoms with Gasteiger partial charge in [0.25, 0.3) is 0 Å². The van der Waals surface area contributed by atoms with Crippen LogP contribution in [0, 0.1) is 0 Å². The van der Waals surface area contributed by atoms with Crippen LogP contribution in [0.1, 0.15) is 11.3 Å². The molecule has 0 atom stereocenters. The van der Waals surface area contributed by atoms with Crippen LogP contribution in [-0.2, 0) is 17.8 Å². The topological polar surface area (TPSA) is 73.3 Å². The minimum Gasteiger partial charge on any atom is -0.506 e. The van der Waals surface area contributed by atoms with Crippen LogP contribution >= 0.6 is 0 Å². The van der Waals surface area contributed by atoms with E-state index in [0.717, 1.165) is 17.7 Å². The largest absolute Gasteiger partial charge is 0.506 e. The molecule has 0 aliphatic carbocycles. The molecule has 17 heavy (non-hydrogen) atoms. The molecule has 3 N–H and O–H groups in total. The molecule has 0 amide bonds. The van der Waals surface area contributed by atoms with Crippen LogP contribution in [0.5, 0.6) is 5.75 Å². The fourth-order valence-corrected chi connectivity index (χ4v) is 2.11. The molecule has 0 bridgehead atoms. The molecule has 0 saturated heterocycles. The zero-order valence-electron chi connectivity index (χ0n) is 9.26. The van der Waals surface area contributed by atoms with Gasteiger partial charge in [-0.3, -0.25) is 0 Å². The molecule has 5 heteroatoms. The summed E-state index contributed by atoms with van der Waals surface area (Å²) in [6.45, 7) is 1.15. The summed E-state index contributed by atoms with van der Waals surface area (Å²) in [6.07, 6.45) is 0.773. The Morgan fingerprint density at radius 2 is 2.18 bits per heavy atom. The van der Waals surface area contributed by atoms with Crippen molar-refractivity contribution < 1.29 is 9.84 Å². The van der Waals surface area contributed by atoms with Gasteiger partial charge in [0.15, 0.2) is 0 Å². The van der Waals surface area contributed by atoms with E-state index in [0.29, 0.717) is 24.7 Å². The number of phenols is 1. The van der Waals surface area contributed by atoms with Gasteiger partial charge in [-0.05, 0) is 12.1 Å². The Balaban J connectivity index is 2.19. The van der Waals surface area contributed by atoms with E-state index in [9.17, 15) is 5.11 Å². The molecule has 2 aromatic rings. The number of nitrogens with two attached hydrogens (primary N) is 1. The lowest BCUT2D eigenvalue weighted by Crippen LogP contribution is -2.13. The highest BCUT2D eigenvalue weighted by atomic mass is 16.5. The lowest BCUT2D eigenvalue weighted by molar-refractivity contribution is 0.106. The highest BCUT2D eigenvalue weighted by Gasteiger charge is 2.21. The average molecular weight is 231 g/mol. The maximum Gasteiger partial charge on any atom is 0.149 e. The highest BCUT2D eigenvalue weighted by molar-refractivity contribution is 5.52. The second-order valence-electron chi connectivity index (χ2n) is 4.01. The minimum atomic E-state index is 0.184. The van der Waals surface area contributed by atoms with Crippen molar-refractivity contribution in [1.29, 1.82) is 0 Å². The number of para-hydroxylation sites is 2. The molecule has 0 fully saturated rings. The minimum absolute atomic E-state index is 0.184. The third-order valence-electron chi connectivity index (χ3n) is 2.97. The lowest BCUT2D eigenvalue weighted by atomic mass is 10.1. The number of hydrogen-bond donors (Lipinski definition) is 2. The van der Waals surface area contributed by atoms with Gasteiger partial charge >= 0.3 is 0 Å².